The number of thioether (sulfide) groups is 1. The minimum absolute atomic E-state index is 0.0741. The Kier molecular flexibility index (Phi) is 3.83. The Hall–Kier alpha value is -1.64. The molecule has 2 aromatic rings. The standard InChI is InChI=1S/C13H14N4O2S2/c1-13(19,8-2-3-20-4-8)6-14-11-10-12(16-7-15-11)21-5-9(18)17-10/h2-4,7,19H,5-6H2,1H3,(H,17,18)(H,14,15,16). The van der Waals surface area contributed by atoms with Crippen LogP contribution < -0.4 is 10.6 Å². The van der Waals surface area contributed by atoms with Gasteiger partial charge in [0.2, 0.25) is 5.91 Å². The average Bonchev–Trinajstić information content (AvgIpc) is 3.00. The van der Waals surface area contributed by atoms with E-state index in [4.69, 9.17) is 0 Å². The zero-order chi connectivity index (χ0) is 14.9. The van der Waals surface area contributed by atoms with Crippen LogP contribution in [0.5, 0.6) is 0 Å². The number of aliphatic hydroxyl groups is 1. The fraction of sp³-hybridized carbons (Fsp3) is 0.308. The molecule has 110 valence electrons. The first-order valence-electron chi connectivity index (χ1n) is 6.33. The summed E-state index contributed by atoms with van der Waals surface area (Å²) in [4.78, 5) is 19.8. The number of aromatic nitrogens is 2. The van der Waals surface area contributed by atoms with Gasteiger partial charge < -0.3 is 15.7 Å². The molecule has 1 amide bonds. The van der Waals surface area contributed by atoms with Crippen molar-refractivity contribution in [2.45, 2.75) is 17.6 Å². The van der Waals surface area contributed by atoms with Crippen molar-refractivity contribution >= 4 is 40.5 Å². The summed E-state index contributed by atoms with van der Waals surface area (Å²) in [6.07, 6.45) is 1.45. The lowest BCUT2D eigenvalue weighted by molar-refractivity contribution is -0.113. The Bertz CT molecular complexity index is 658. The van der Waals surface area contributed by atoms with Crippen LogP contribution in [0.15, 0.2) is 28.2 Å². The zero-order valence-corrected chi connectivity index (χ0v) is 12.9. The maximum absolute atomic E-state index is 11.5. The van der Waals surface area contributed by atoms with Crippen LogP contribution in [0.3, 0.4) is 0 Å². The van der Waals surface area contributed by atoms with Gasteiger partial charge in [-0.05, 0) is 29.3 Å². The smallest absolute Gasteiger partial charge is 0.234 e. The molecule has 8 heteroatoms. The van der Waals surface area contributed by atoms with Crippen LogP contribution in [0.2, 0.25) is 0 Å². The van der Waals surface area contributed by atoms with E-state index in [0.29, 0.717) is 17.3 Å². The number of carbonyl (C=O) groups is 1. The summed E-state index contributed by atoms with van der Waals surface area (Å²) in [7, 11) is 0. The number of hydrogen-bond donors (Lipinski definition) is 3. The second-order valence-corrected chi connectivity index (χ2v) is 6.62. The van der Waals surface area contributed by atoms with Crippen molar-refractivity contribution in [2.24, 2.45) is 0 Å². The first-order chi connectivity index (χ1) is 10.1. The maximum Gasteiger partial charge on any atom is 0.234 e. The highest BCUT2D eigenvalue weighted by Gasteiger charge is 2.26. The molecule has 0 fully saturated rings. The molecule has 2 aromatic heterocycles. The predicted molar refractivity (Wildman–Crippen MR) is 83.8 cm³/mol. The van der Waals surface area contributed by atoms with Gasteiger partial charge in [0.25, 0.3) is 0 Å². The molecule has 0 bridgehead atoms. The maximum atomic E-state index is 11.5. The molecular formula is C13H14N4O2S2. The Morgan fingerprint density at radius 2 is 2.38 bits per heavy atom. The van der Waals surface area contributed by atoms with E-state index in [-0.39, 0.29) is 12.5 Å². The molecule has 6 nitrogen and oxygen atoms in total. The van der Waals surface area contributed by atoms with Crippen molar-refractivity contribution in [3.8, 4) is 0 Å². The van der Waals surface area contributed by atoms with E-state index >= 15 is 0 Å². The third-order valence-corrected chi connectivity index (χ3v) is 4.83. The molecule has 0 spiro atoms. The van der Waals surface area contributed by atoms with E-state index in [1.165, 1.54) is 29.4 Å². The van der Waals surface area contributed by atoms with Crippen molar-refractivity contribution in [3.05, 3.63) is 28.7 Å². The summed E-state index contributed by atoms with van der Waals surface area (Å²) >= 11 is 2.92. The molecule has 0 saturated carbocycles. The van der Waals surface area contributed by atoms with Crippen LogP contribution in [0.25, 0.3) is 0 Å². The molecule has 0 aromatic carbocycles. The number of anilines is 2. The number of nitrogens with zero attached hydrogens (tertiary/aromatic N) is 2. The highest BCUT2D eigenvalue weighted by Crippen LogP contribution is 2.34. The molecular weight excluding hydrogens is 308 g/mol. The lowest BCUT2D eigenvalue weighted by Crippen LogP contribution is -2.31. The minimum atomic E-state index is -1.01. The van der Waals surface area contributed by atoms with E-state index < -0.39 is 5.60 Å². The SMILES string of the molecule is CC(O)(CNc1ncnc2c1NC(=O)CS2)c1ccsc1. The van der Waals surface area contributed by atoms with E-state index in [9.17, 15) is 9.90 Å². The van der Waals surface area contributed by atoms with Crippen molar-refractivity contribution in [2.75, 3.05) is 22.9 Å². The Labute approximate surface area is 130 Å². The van der Waals surface area contributed by atoms with Crippen LogP contribution in [0, 0.1) is 0 Å². The number of carbonyl (C=O) groups excluding carboxylic acids is 1. The highest BCUT2D eigenvalue weighted by atomic mass is 32.2. The van der Waals surface area contributed by atoms with Gasteiger partial charge in [-0.2, -0.15) is 11.3 Å². The molecule has 1 atom stereocenters. The third-order valence-electron chi connectivity index (χ3n) is 3.16. The summed E-state index contributed by atoms with van der Waals surface area (Å²) in [6, 6.07) is 1.89. The Balaban J connectivity index is 1.78. The summed E-state index contributed by atoms with van der Waals surface area (Å²) in [5.41, 5.74) is 0.421. The van der Waals surface area contributed by atoms with Gasteiger partial charge in [0.1, 0.15) is 22.6 Å². The molecule has 21 heavy (non-hydrogen) atoms. The summed E-state index contributed by atoms with van der Waals surface area (Å²) in [5, 5.41) is 20.9. The molecule has 1 aliphatic rings. The van der Waals surface area contributed by atoms with Crippen molar-refractivity contribution in [3.63, 3.8) is 0 Å². The van der Waals surface area contributed by atoms with Crippen molar-refractivity contribution in [1.82, 2.24) is 9.97 Å². The van der Waals surface area contributed by atoms with E-state index in [1.807, 2.05) is 16.8 Å². The van der Waals surface area contributed by atoms with Crippen LogP contribution in [-0.4, -0.2) is 33.3 Å². The Morgan fingerprint density at radius 3 is 3.14 bits per heavy atom. The quantitative estimate of drug-likeness (QED) is 0.745. The lowest BCUT2D eigenvalue weighted by atomic mass is 9.99. The summed E-state index contributed by atoms with van der Waals surface area (Å²) < 4.78 is 0. The first kappa shape index (κ1) is 14.3. The van der Waals surface area contributed by atoms with Gasteiger partial charge in [-0.3, -0.25) is 4.79 Å². The first-order valence-corrected chi connectivity index (χ1v) is 8.26. The number of amides is 1. The molecule has 3 N–H and O–H groups in total. The van der Waals surface area contributed by atoms with Gasteiger partial charge in [0.15, 0.2) is 5.82 Å². The molecule has 0 saturated heterocycles. The van der Waals surface area contributed by atoms with E-state index in [1.54, 1.807) is 6.92 Å². The number of fused-ring (bicyclic) bond motifs is 1. The van der Waals surface area contributed by atoms with E-state index in [0.717, 1.165) is 10.6 Å². The van der Waals surface area contributed by atoms with Gasteiger partial charge >= 0.3 is 0 Å². The van der Waals surface area contributed by atoms with Crippen molar-refractivity contribution < 1.29 is 9.90 Å². The van der Waals surface area contributed by atoms with Gasteiger partial charge in [0.05, 0.1) is 5.75 Å². The van der Waals surface area contributed by atoms with Crippen LogP contribution in [-0.2, 0) is 10.4 Å². The Morgan fingerprint density at radius 1 is 1.52 bits per heavy atom. The fourth-order valence-electron chi connectivity index (χ4n) is 1.96. The second-order valence-electron chi connectivity index (χ2n) is 4.88. The summed E-state index contributed by atoms with van der Waals surface area (Å²) in [6.45, 7) is 2.02. The van der Waals surface area contributed by atoms with Crippen LogP contribution >= 0.6 is 23.1 Å². The topological polar surface area (TPSA) is 87.1 Å². The van der Waals surface area contributed by atoms with Crippen LogP contribution in [0.1, 0.15) is 12.5 Å². The monoisotopic (exact) mass is 322 g/mol. The van der Waals surface area contributed by atoms with E-state index in [2.05, 4.69) is 20.6 Å². The number of nitrogens with one attached hydrogen (secondary N) is 2. The van der Waals surface area contributed by atoms with Gasteiger partial charge in [-0.15, -0.1) is 0 Å². The number of thiophene rings is 1. The lowest BCUT2D eigenvalue weighted by Gasteiger charge is -2.25. The largest absolute Gasteiger partial charge is 0.384 e. The number of hydrogen-bond acceptors (Lipinski definition) is 7. The number of rotatable bonds is 4. The average molecular weight is 322 g/mol. The zero-order valence-electron chi connectivity index (χ0n) is 11.3. The van der Waals surface area contributed by atoms with Gasteiger partial charge in [-0.1, -0.05) is 11.8 Å². The van der Waals surface area contributed by atoms with Crippen LogP contribution in [0.4, 0.5) is 11.5 Å². The summed E-state index contributed by atoms with van der Waals surface area (Å²) in [5.74, 6) is 0.807. The normalized spacial score (nSPS) is 16.8. The third kappa shape index (κ3) is 3.02. The minimum Gasteiger partial charge on any atom is -0.384 e. The fourth-order valence-corrected chi connectivity index (χ4v) is 3.50. The molecule has 1 aliphatic heterocycles. The molecule has 1 unspecified atom stereocenters. The molecule has 0 radical (unpaired) electrons. The molecule has 0 aliphatic carbocycles. The molecule has 3 rings (SSSR count). The highest BCUT2D eigenvalue weighted by molar-refractivity contribution is 8.00. The van der Waals surface area contributed by atoms with Gasteiger partial charge in [0, 0.05) is 6.54 Å². The second kappa shape index (κ2) is 5.63. The van der Waals surface area contributed by atoms with Crippen molar-refractivity contribution in [1.29, 1.82) is 0 Å². The van der Waals surface area contributed by atoms with Gasteiger partial charge in [-0.25, -0.2) is 9.97 Å². The predicted octanol–water partition coefficient (Wildman–Crippen LogP) is 1.90. The molecule has 3 heterocycles.